The van der Waals surface area contributed by atoms with Crippen LogP contribution in [0.2, 0.25) is 0 Å². The van der Waals surface area contributed by atoms with Gasteiger partial charge in [0.15, 0.2) is 17.3 Å². The van der Waals surface area contributed by atoms with Gasteiger partial charge in [0.1, 0.15) is 11.7 Å². The Morgan fingerprint density at radius 2 is 1.60 bits per heavy atom. The van der Waals surface area contributed by atoms with Gasteiger partial charge >= 0.3 is 11.9 Å². The van der Waals surface area contributed by atoms with E-state index in [4.69, 9.17) is 23.7 Å². The van der Waals surface area contributed by atoms with E-state index in [9.17, 15) is 14.4 Å². The molecule has 0 spiro atoms. The second-order valence-electron chi connectivity index (χ2n) is 8.94. The number of ketones is 1. The van der Waals surface area contributed by atoms with Gasteiger partial charge in [-0.15, -0.1) is 0 Å². The van der Waals surface area contributed by atoms with Gasteiger partial charge in [-0.3, -0.25) is 9.59 Å². The zero-order chi connectivity index (χ0) is 26.0. The molecule has 3 rings (SSSR count). The van der Waals surface area contributed by atoms with Crippen LogP contribution >= 0.6 is 0 Å². The summed E-state index contributed by atoms with van der Waals surface area (Å²) in [5.74, 6) is -2.49. The van der Waals surface area contributed by atoms with Gasteiger partial charge in [0.2, 0.25) is 0 Å². The van der Waals surface area contributed by atoms with Crippen molar-refractivity contribution in [2.45, 2.75) is 46.1 Å². The normalized spacial score (nSPS) is 21.9. The Morgan fingerprint density at radius 3 is 2.14 bits per heavy atom. The highest BCUT2D eigenvalue weighted by Gasteiger charge is 2.48. The van der Waals surface area contributed by atoms with E-state index >= 15 is 0 Å². The first-order valence-electron chi connectivity index (χ1n) is 11.4. The zero-order valence-corrected chi connectivity index (χ0v) is 21.4. The van der Waals surface area contributed by atoms with Crippen LogP contribution in [0.15, 0.2) is 34.7 Å². The summed E-state index contributed by atoms with van der Waals surface area (Å²) < 4.78 is 27.1. The van der Waals surface area contributed by atoms with Crippen LogP contribution in [0, 0.1) is 11.8 Å². The highest BCUT2D eigenvalue weighted by Crippen LogP contribution is 2.49. The van der Waals surface area contributed by atoms with Gasteiger partial charge in [-0.2, -0.15) is 0 Å². The lowest BCUT2D eigenvalue weighted by Gasteiger charge is -2.38. The number of benzene rings is 1. The number of rotatable bonds is 7. The first kappa shape index (κ1) is 26.1. The summed E-state index contributed by atoms with van der Waals surface area (Å²) in [7, 11) is 5.75. The number of methoxy groups -OCH3 is 4. The predicted octanol–water partition coefficient (Wildman–Crippen LogP) is 3.28. The molecule has 0 bridgehead atoms. The van der Waals surface area contributed by atoms with Gasteiger partial charge < -0.3 is 29.0 Å². The average molecular weight is 488 g/mol. The number of hydrogen-bond donors (Lipinski definition) is 1. The number of dihydropyridines is 1. The quantitative estimate of drug-likeness (QED) is 0.458. The summed E-state index contributed by atoms with van der Waals surface area (Å²) in [6.07, 6.45) is 0.0487. The minimum atomic E-state index is -0.991. The van der Waals surface area contributed by atoms with E-state index in [-0.39, 0.29) is 17.6 Å². The fourth-order valence-corrected chi connectivity index (χ4v) is 4.82. The molecule has 1 aromatic carbocycles. The van der Waals surface area contributed by atoms with Crippen molar-refractivity contribution < 1.29 is 38.1 Å². The Balaban J connectivity index is 2.32. The standard InChI is InChI=1S/C26H33NO8/c1-12(2)35-26(30)21-14(4)27-16-9-13(3)20(25(29)34-8)24(28)23(16)22(21)15-10-18(32-6)19(33-7)11-17(15)31-5/h10-13,20,22,27H,9H2,1-8H3/t13-,20+,22+/m1/s1. The van der Waals surface area contributed by atoms with Crippen LogP contribution in [0.25, 0.3) is 0 Å². The summed E-state index contributed by atoms with van der Waals surface area (Å²) in [4.78, 5) is 39.8. The van der Waals surface area contributed by atoms with Gasteiger partial charge in [0.05, 0.1) is 46.0 Å². The summed E-state index contributed by atoms with van der Waals surface area (Å²) in [6.45, 7) is 7.10. The molecule has 3 atom stereocenters. The number of nitrogens with one attached hydrogen (secondary N) is 1. The molecule has 1 N–H and O–H groups in total. The van der Waals surface area contributed by atoms with Crippen molar-refractivity contribution in [1.29, 1.82) is 0 Å². The number of esters is 2. The van der Waals surface area contributed by atoms with Crippen LogP contribution in [0.4, 0.5) is 0 Å². The second kappa shape index (κ2) is 10.4. The van der Waals surface area contributed by atoms with Crippen LogP contribution < -0.4 is 19.5 Å². The van der Waals surface area contributed by atoms with Crippen LogP contribution in [0.5, 0.6) is 17.2 Å². The van der Waals surface area contributed by atoms with Crippen molar-refractivity contribution in [1.82, 2.24) is 5.32 Å². The molecule has 1 aromatic rings. The second-order valence-corrected chi connectivity index (χ2v) is 8.94. The number of hydrogen-bond acceptors (Lipinski definition) is 9. The Bertz CT molecular complexity index is 1100. The zero-order valence-electron chi connectivity index (χ0n) is 21.4. The molecular weight excluding hydrogens is 454 g/mol. The van der Waals surface area contributed by atoms with Gasteiger partial charge in [-0.25, -0.2) is 4.79 Å². The first-order valence-corrected chi connectivity index (χ1v) is 11.4. The molecule has 9 heteroatoms. The molecule has 0 unspecified atom stereocenters. The third-order valence-corrected chi connectivity index (χ3v) is 6.35. The number of ether oxygens (including phenoxy) is 5. The summed E-state index contributed by atoms with van der Waals surface area (Å²) >= 11 is 0. The predicted molar refractivity (Wildman–Crippen MR) is 127 cm³/mol. The summed E-state index contributed by atoms with van der Waals surface area (Å²) in [6, 6.07) is 3.33. The Morgan fingerprint density at radius 1 is 1.00 bits per heavy atom. The third-order valence-electron chi connectivity index (χ3n) is 6.35. The SMILES string of the molecule is COC(=O)[C@@H]1C(=O)C2=C(C[C@H]1C)NC(C)=C(C(=O)OC(C)C)[C@@H]2c1cc(OC)c(OC)cc1OC. The monoisotopic (exact) mass is 487 g/mol. The number of allylic oxidation sites excluding steroid dienone is 3. The maximum atomic E-state index is 13.9. The largest absolute Gasteiger partial charge is 0.496 e. The highest BCUT2D eigenvalue weighted by atomic mass is 16.5. The van der Waals surface area contributed by atoms with Crippen LogP contribution in [0.3, 0.4) is 0 Å². The van der Waals surface area contributed by atoms with E-state index < -0.39 is 29.6 Å². The maximum Gasteiger partial charge on any atom is 0.337 e. The average Bonchev–Trinajstić information content (AvgIpc) is 2.81. The van der Waals surface area contributed by atoms with Gasteiger partial charge in [0.25, 0.3) is 0 Å². The lowest BCUT2D eigenvalue weighted by molar-refractivity contribution is -0.151. The van der Waals surface area contributed by atoms with Crippen LogP contribution in [-0.2, 0) is 23.9 Å². The van der Waals surface area contributed by atoms with E-state index in [1.54, 1.807) is 32.9 Å². The van der Waals surface area contributed by atoms with E-state index in [2.05, 4.69) is 5.32 Å². The van der Waals surface area contributed by atoms with Crippen molar-refractivity contribution in [3.05, 3.63) is 40.2 Å². The fraction of sp³-hybridized carbons (Fsp3) is 0.500. The van der Waals surface area contributed by atoms with E-state index in [1.165, 1.54) is 28.4 Å². The molecule has 2 aliphatic rings. The Kier molecular flexibility index (Phi) is 7.77. The number of carbonyl (C=O) groups is 3. The molecule has 1 aliphatic carbocycles. The molecule has 0 amide bonds. The maximum absolute atomic E-state index is 13.9. The van der Waals surface area contributed by atoms with Gasteiger partial charge in [-0.05, 0) is 39.2 Å². The van der Waals surface area contributed by atoms with E-state index in [1.807, 2.05) is 6.92 Å². The topological polar surface area (TPSA) is 109 Å². The lowest BCUT2D eigenvalue weighted by atomic mass is 9.69. The van der Waals surface area contributed by atoms with Crippen molar-refractivity contribution in [3.63, 3.8) is 0 Å². The molecule has 0 radical (unpaired) electrons. The minimum absolute atomic E-state index is 0.259. The Labute approximate surface area is 205 Å². The molecule has 1 aliphatic heterocycles. The molecule has 0 saturated carbocycles. The molecule has 35 heavy (non-hydrogen) atoms. The molecule has 0 aromatic heterocycles. The van der Waals surface area contributed by atoms with Crippen molar-refractivity contribution in [2.75, 3.05) is 28.4 Å². The fourth-order valence-electron chi connectivity index (χ4n) is 4.82. The molecule has 9 nitrogen and oxygen atoms in total. The molecular formula is C26H33NO8. The summed E-state index contributed by atoms with van der Waals surface area (Å²) in [5.41, 5.74) is 2.30. The van der Waals surface area contributed by atoms with E-state index in [0.717, 1.165) is 0 Å². The molecule has 0 saturated heterocycles. The highest BCUT2D eigenvalue weighted by molar-refractivity contribution is 6.12. The molecule has 1 heterocycles. The molecule has 0 fully saturated rings. The lowest BCUT2D eigenvalue weighted by Crippen LogP contribution is -2.43. The van der Waals surface area contributed by atoms with E-state index in [0.29, 0.717) is 46.2 Å². The van der Waals surface area contributed by atoms with Gasteiger partial charge in [0, 0.05) is 28.6 Å². The first-order chi connectivity index (χ1) is 16.6. The summed E-state index contributed by atoms with van der Waals surface area (Å²) in [5, 5.41) is 3.24. The molecule has 190 valence electrons. The van der Waals surface area contributed by atoms with Crippen molar-refractivity contribution >= 4 is 17.7 Å². The van der Waals surface area contributed by atoms with Crippen LogP contribution in [-0.4, -0.2) is 52.3 Å². The minimum Gasteiger partial charge on any atom is -0.496 e. The smallest absolute Gasteiger partial charge is 0.337 e. The number of Topliss-reactive ketones (excluding diaryl/α,β-unsaturated/α-hetero) is 1. The number of carbonyl (C=O) groups excluding carboxylic acids is 3. The third kappa shape index (κ3) is 4.72. The van der Waals surface area contributed by atoms with Crippen molar-refractivity contribution in [3.8, 4) is 17.2 Å². The van der Waals surface area contributed by atoms with Crippen molar-refractivity contribution in [2.24, 2.45) is 11.8 Å². The van der Waals surface area contributed by atoms with Gasteiger partial charge in [-0.1, -0.05) is 6.92 Å². The van der Waals surface area contributed by atoms with Crippen LogP contribution in [0.1, 0.15) is 45.6 Å². The Hall–Kier alpha value is -3.49.